The van der Waals surface area contributed by atoms with E-state index in [1.165, 1.54) is 11.1 Å². The van der Waals surface area contributed by atoms with Crippen LogP contribution in [0.1, 0.15) is 29.4 Å². The van der Waals surface area contributed by atoms with Crippen molar-refractivity contribution in [2.45, 2.75) is 18.3 Å². The van der Waals surface area contributed by atoms with Crippen LogP contribution in [0, 0.1) is 0 Å². The maximum atomic E-state index is 6.08. The summed E-state index contributed by atoms with van der Waals surface area (Å²) in [6.45, 7) is 2.08. The molecular weight excluding hydrogens is 413 g/mol. The van der Waals surface area contributed by atoms with Gasteiger partial charge in [0.25, 0.3) is 0 Å². The third-order valence-electron chi connectivity index (χ3n) is 4.14. The first-order chi connectivity index (χ1) is 10.1. The molecular formula is C17H16Br2ClN. The van der Waals surface area contributed by atoms with Crippen molar-refractivity contribution in [3.05, 3.63) is 67.6 Å². The van der Waals surface area contributed by atoms with E-state index in [1.54, 1.807) is 0 Å². The minimum Gasteiger partial charge on any atom is -0.316 e. The summed E-state index contributed by atoms with van der Waals surface area (Å²) in [5, 5.41) is 4.30. The molecule has 1 saturated heterocycles. The quantitative estimate of drug-likeness (QED) is 0.643. The molecule has 110 valence electrons. The van der Waals surface area contributed by atoms with Gasteiger partial charge >= 0.3 is 0 Å². The van der Waals surface area contributed by atoms with Gasteiger partial charge in [-0.3, -0.25) is 0 Å². The molecule has 21 heavy (non-hydrogen) atoms. The lowest BCUT2D eigenvalue weighted by Crippen LogP contribution is -2.34. The number of benzene rings is 2. The number of hydrogen-bond acceptors (Lipinski definition) is 1. The predicted octanol–water partition coefficient (Wildman–Crippen LogP) is 5.73. The van der Waals surface area contributed by atoms with E-state index in [0.29, 0.717) is 11.8 Å². The first kappa shape index (κ1) is 15.5. The van der Waals surface area contributed by atoms with Gasteiger partial charge in [-0.15, -0.1) is 0 Å². The van der Waals surface area contributed by atoms with Gasteiger partial charge in [0.1, 0.15) is 0 Å². The zero-order chi connectivity index (χ0) is 14.8. The van der Waals surface area contributed by atoms with Crippen molar-refractivity contribution in [1.29, 1.82) is 0 Å². The van der Waals surface area contributed by atoms with Crippen LogP contribution in [0.15, 0.2) is 51.4 Å². The Kier molecular flexibility index (Phi) is 5.05. The van der Waals surface area contributed by atoms with Crippen LogP contribution >= 0.6 is 43.5 Å². The van der Waals surface area contributed by atoms with Crippen LogP contribution in [0.3, 0.4) is 0 Å². The molecule has 2 aromatic rings. The average molecular weight is 430 g/mol. The van der Waals surface area contributed by atoms with Gasteiger partial charge < -0.3 is 5.32 Å². The molecule has 0 bridgehead atoms. The van der Waals surface area contributed by atoms with E-state index >= 15 is 0 Å². The van der Waals surface area contributed by atoms with Crippen LogP contribution in [0.2, 0.25) is 5.02 Å². The highest BCUT2D eigenvalue weighted by Crippen LogP contribution is 2.41. The number of hydrogen-bond donors (Lipinski definition) is 1. The third-order valence-corrected chi connectivity index (χ3v) is 5.59. The van der Waals surface area contributed by atoms with Gasteiger partial charge in [-0.25, -0.2) is 0 Å². The fourth-order valence-electron chi connectivity index (χ4n) is 3.09. The maximum absolute atomic E-state index is 6.08. The summed E-state index contributed by atoms with van der Waals surface area (Å²) in [7, 11) is 0. The van der Waals surface area contributed by atoms with Gasteiger partial charge in [0.15, 0.2) is 0 Å². The molecule has 1 N–H and O–H groups in total. The Morgan fingerprint density at radius 3 is 2.48 bits per heavy atom. The van der Waals surface area contributed by atoms with Crippen molar-refractivity contribution in [2.75, 3.05) is 13.1 Å². The lowest BCUT2D eigenvalue weighted by atomic mass is 9.77. The molecule has 0 saturated carbocycles. The molecule has 0 spiro atoms. The normalized spacial score (nSPS) is 22.2. The second-order valence-electron chi connectivity index (χ2n) is 5.42. The van der Waals surface area contributed by atoms with Gasteiger partial charge in [-0.1, -0.05) is 61.7 Å². The van der Waals surface area contributed by atoms with Gasteiger partial charge in [0.2, 0.25) is 0 Å². The average Bonchev–Trinajstić information content (AvgIpc) is 2.48. The van der Waals surface area contributed by atoms with Crippen LogP contribution in [-0.2, 0) is 0 Å². The zero-order valence-corrected chi connectivity index (χ0v) is 15.4. The molecule has 2 unspecified atom stereocenters. The molecule has 1 heterocycles. The van der Waals surface area contributed by atoms with Crippen molar-refractivity contribution in [2.24, 2.45) is 0 Å². The zero-order valence-electron chi connectivity index (χ0n) is 11.5. The van der Waals surface area contributed by atoms with Crippen LogP contribution in [0.25, 0.3) is 0 Å². The van der Waals surface area contributed by atoms with E-state index in [9.17, 15) is 0 Å². The van der Waals surface area contributed by atoms with E-state index in [4.69, 9.17) is 11.6 Å². The molecule has 3 rings (SSSR count). The van der Waals surface area contributed by atoms with Crippen molar-refractivity contribution >= 4 is 43.5 Å². The van der Waals surface area contributed by atoms with Crippen LogP contribution in [0.5, 0.6) is 0 Å². The number of piperidine rings is 1. The smallest absolute Gasteiger partial charge is 0.0417 e. The summed E-state index contributed by atoms with van der Waals surface area (Å²) in [6.07, 6.45) is 1.14. The van der Waals surface area contributed by atoms with Gasteiger partial charge in [0, 0.05) is 26.4 Å². The van der Waals surface area contributed by atoms with E-state index in [-0.39, 0.29) is 0 Å². The molecule has 0 aliphatic carbocycles. The Morgan fingerprint density at radius 2 is 1.76 bits per heavy atom. The Balaban J connectivity index is 1.96. The predicted molar refractivity (Wildman–Crippen MR) is 96.3 cm³/mol. The molecule has 1 aliphatic rings. The minimum atomic E-state index is 0.490. The first-order valence-corrected chi connectivity index (χ1v) is 9.02. The van der Waals surface area contributed by atoms with Crippen molar-refractivity contribution < 1.29 is 0 Å². The Labute approximate surface area is 147 Å². The summed E-state index contributed by atoms with van der Waals surface area (Å²) in [4.78, 5) is 0. The van der Waals surface area contributed by atoms with Gasteiger partial charge in [-0.2, -0.15) is 0 Å². The second kappa shape index (κ2) is 6.82. The molecule has 0 amide bonds. The van der Waals surface area contributed by atoms with E-state index < -0.39 is 0 Å². The lowest BCUT2D eigenvalue weighted by molar-refractivity contribution is 0.403. The summed E-state index contributed by atoms with van der Waals surface area (Å²) in [5.41, 5.74) is 2.74. The minimum absolute atomic E-state index is 0.490. The fourth-order valence-corrected chi connectivity index (χ4v) is 4.33. The highest BCUT2D eigenvalue weighted by atomic mass is 79.9. The van der Waals surface area contributed by atoms with Crippen molar-refractivity contribution in [1.82, 2.24) is 5.32 Å². The molecule has 4 heteroatoms. The van der Waals surface area contributed by atoms with Crippen LogP contribution in [0.4, 0.5) is 0 Å². The number of halogens is 3. The maximum Gasteiger partial charge on any atom is 0.0417 e. The molecule has 1 nitrogen and oxygen atoms in total. The topological polar surface area (TPSA) is 12.0 Å². The van der Waals surface area contributed by atoms with E-state index in [0.717, 1.165) is 33.5 Å². The van der Waals surface area contributed by atoms with Crippen molar-refractivity contribution in [3.63, 3.8) is 0 Å². The lowest BCUT2D eigenvalue weighted by Gasteiger charge is -2.33. The largest absolute Gasteiger partial charge is 0.316 e. The number of nitrogens with one attached hydrogen (secondary N) is 1. The van der Waals surface area contributed by atoms with Gasteiger partial charge in [-0.05, 0) is 54.3 Å². The monoisotopic (exact) mass is 427 g/mol. The SMILES string of the molecule is Clc1ccc(C2CCNCC2c2ccc(Br)cc2)c(Br)c1. The Hall–Kier alpha value is -0.350. The molecule has 2 atom stereocenters. The molecule has 1 aliphatic heterocycles. The standard InChI is InChI=1S/C17H16Br2ClN/c18-12-3-1-11(2-4-12)16-10-21-8-7-14(16)15-6-5-13(20)9-17(15)19/h1-6,9,14,16,21H,7-8,10H2. The summed E-state index contributed by atoms with van der Waals surface area (Å²) in [6, 6.07) is 14.8. The summed E-state index contributed by atoms with van der Waals surface area (Å²) < 4.78 is 2.24. The second-order valence-corrected chi connectivity index (χ2v) is 7.63. The van der Waals surface area contributed by atoms with Gasteiger partial charge in [0.05, 0.1) is 0 Å². The molecule has 1 fully saturated rings. The van der Waals surface area contributed by atoms with Crippen molar-refractivity contribution in [3.8, 4) is 0 Å². The fraction of sp³-hybridized carbons (Fsp3) is 0.294. The third kappa shape index (κ3) is 3.53. The molecule has 0 radical (unpaired) electrons. The molecule has 0 aromatic heterocycles. The Morgan fingerprint density at radius 1 is 1.00 bits per heavy atom. The number of rotatable bonds is 2. The highest BCUT2D eigenvalue weighted by molar-refractivity contribution is 9.10. The highest BCUT2D eigenvalue weighted by Gasteiger charge is 2.28. The Bertz CT molecular complexity index is 627. The van der Waals surface area contributed by atoms with E-state index in [1.807, 2.05) is 12.1 Å². The summed E-state index contributed by atoms with van der Waals surface area (Å²) in [5.74, 6) is 1.00. The van der Waals surface area contributed by atoms with Crippen LogP contribution in [-0.4, -0.2) is 13.1 Å². The van der Waals surface area contributed by atoms with E-state index in [2.05, 4.69) is 67.5 Å². The molecule has 2 aromatic carbocycles. The summed E-state index contributed by atoms with van der Waals surface area (Å²) >= 11 is 13.3. The van der Waals surface area contributed by atoms with Crippen LogP contribution < -0.4 is 5.32 Å². The first-order valence-electron chi connectivity index (χ1n) is 7.06.